The zero-order valence-electron chi connectivity index (χ0n) is 12.5. The van der Waals surface area contributed by atoms with Crippen molar-refractivity contribution in [3.05, 3.63) is 52.9 Å². The number of nitrogens with zero attached hydrogens (tertiary/aromatic N) is 2. The molecular formula is C18H12N2O3S. The molecule has 2 aromatic carbocycles. The fourth-order valence-corrected chi connectivity index (χ4v) is 4.08. The van der Waals surface area contributed by atoms with Crippen LogP contribution in [0.1, 0.15) is 5.56 Å². The molecule has 0 aliphatic carbocycles. The van der Waals surface area contributed by atoms with Crippen LogP contribution in [0, 0.1) is 0 Å². The lowest BCUT2D eigenvalue weighted by molar-refractivity contribution is -0.114. The Hall–Kier alpha value is -2.73. The molecule has 0 aromatic heterocycles. The molecule has 3 aliphatic heterocycles. The molecule has 0 radical (unpaired) electrons. The van der Waals surface area contributed by atoms with Crippen LogP contribution in [0.4, 0.5) is 11.4 Å². The Morgan fingerprint density at radius 2 is 2.04 bits per heavy atom. The number of para-hydroxylation sites is 2. The molecule has 24 heavy (non-hydrogen) atoms. The minimum Gasteiger partial charge on any atom is -0.454 e. The summed E-state index contributed by atoms with van der Waals surface area (Å²) in [6.45, 7) is 0.242. The molecule has 3 heterocycles. The highest BCUT2D eigenvalue weighted by molar-refractivity contribution is 8.06. The second-order valence-corrected chi connectivity index (χ2v) is 6.73. The van der Waals surface area contributed by atoms with Gasteiger partial charge in [-0.15, -0.1) is 0 Å². The van der Waals surface area contributed by atoms with E-state index in [-0.39, 0.29) is 18.1 Å². The van der Waals surface area contributed by atoms with Crippen molar-refractivity contribution in [2.75, 3.05) is 11.7 Å². The highest BCUT2D eigenvalue weighted by Gasteiger charge is 2.39. The van der Waals surface area contributed by atoms with Gasteiger partial charge in [-0.25, -0.2) is 0 Å². The largest absolute Gasteiger partial charge is 0.454 e. The zero-order chi connectivity index (χ0) is 16.1. The van der Waals surface area contributed by atoms with Gasteiger partial charge in [0.05, 0.1) is 16.3 Å². The van der Waals surface area contributed by atoms with Gasteiger partial charge < -0.3 is 9.47 Å². The van der Waals surface area contributed by atoms with Gasteiger partial charge >= 0.3 is 0 Å². The van der Waals surface area contributed by atoms with Crippen LogP contribution in [-0.2, 0) is 4.79 Å². The van der Waals surface area contributed by atoms with Gasteiger partial charge in [0.25, 0.3) is 5.91 Å². The van der Waals surface area contributed by atoms with Gasteiger partial charge in [0.15, 0.2) is 11.5 Å². The molecule has 0 saturated carbocycles. The maximum atomic E-state index is 12.9. The van der Waals surface area contributed by atoms with Crippen molar-refractivity contribution < 1.29 is 14.3 Å². The number of amides is 1. The minimum absolute atomic E-state index is 0.00117. The van der Waals surface area contributed by atoms with Crippen LogP contribution in [-0.4, -0.2) is 24.3 Å². The van der Waals surface area contributed by atoms with Crippen molar-refractivity contribution in [3.8, 4) is 11.5 Å². The van der Waals surface area contributed by atoms with E-state index in [0.29, 0.717) is 10.7 Å². The van der Waals surface area contributed by atoms with Crippen molar-refractivity contribution >= 4 is 41.3 Å². The Kier molecular flexibility index (Phi) is 2.93. The molecule has 1 amide bonds. The predicted octanol–water partition coefficient (Wildman–Crippen LogP) is 3.58. The summed E-state index contributed by atoms with van der Waals surface area (Å²) in [5.41, 5.74) is 2.60. The van der Waals surface area contributed by atoms with Gasteiger partial charge in [0, 0.05) is 6.21 Å². The maximum absolute atomic E-state index is 12.9. The van der Waals surface area contributed by atoms with Gasteiger partial charge in [-0.05, 0) is 35.9 Å². The average molecular weight is 336 g/mol. The first-order valence-corrected chi connectivity index (χ1v) is 8.42. The smallest absolute Gasteiger partial charge is 0.266 e. The van der Waals surface area contributed by atoms with Gasteiger partial charge in [-0.2, -0.15) is 0 Å². The molecule has 0 spiro atoms. The molecule has 5 nitrogen and oxygen atoms in total. The first kappa shape index (κ1) is 13.7. The number of ether oxygens (including phenoxy) is 2. The number of carbonyl (C=O) groups excluding carboxylic acids is 1. The second kappa shape index (κ2) is 5.14. The van der Waals surface area contributed by atoms with E-state index in [9.17, 15) is 4.79 Å². The van der Waals surface area contributed by atoms with E-state index in [2.05, 4.69) is 4.99 Å². The maximum Gasteiger partial charge on any atom is 0.266 e. The predicted molar refractivity (Wildman–Crippen MR) is 94.0 cm³/mol. The summed E-state index contributed by atoms with van der Waals surface area (Å²) in [6, 6.07) is 13.4. The highest BCUT2D eigenvalue weighted by Crippen LogP contribution is 2.44. The lowest BCUT2D eigenvalue weighted by atomic mass is 10.1. The Balaban J connectivity index is 1.51. The lowest BCUT2D eigenvalue weighted by Crippen LogP contribution is -2.34. The van der Waals surface area contributed by atoms with E-state index in [1.807, 2.05) is 54.8 Å². The molecule has 5 rings (SSSR count). The van der Waals surface area contributed by atoms with Crippen molar-refractivity contribution in [2.24, 2.45) is 4.99 Å². The number of thioether (sulfide) groups is 1. The summed E-state index contributed by atoms with van der Waals surface area (Å²) in [6.07, 6.45) is 3.72. The molecule has 0 bridgehead atoms. The number of benzene rings is 2. The molecule has 1 saturated heterocycles. The third-order valence-electron chi connectivity index (χ3n) is 4.11. The van der Waals surface area contributed by atoms with Crippen molar-refractivity contribution in [1.29, 1.82) is 0 Å². The molecular weight excluding hydrogens is 324 g/mol. The summed E-state index contributed by atoms with van der Waals surface area (Å²) in [5, 5.41) is -0.0901. The molecule has 6 heteroatoms. The van der Waals surface area contributed by atoms with Gasteiger partial charge in [-0.3, -0.25) is 14.7 Å². The van der Waals surface area contributed by atoms with Crippen LogP contribution in [0.5, 0.6) is 11.5 Å². The van der Waals surface area contributed by atoms with Gasteiger partial charge in [0.2, 0.25) is 6.79 Å². The highest BCUT2D eigenvalue weighted by atomic mass is 32.2. The summed E-state index contributed by atoms with van der Waals surface area (Å²) in [4.78, 5) is 19.8. The van der Waals surface area contributed by atoms with Gasteiger partial charge in [-0.1, -0.05) is 30.0 Å². The van der Waals surface area contributed by atoms with E-state index in [0.717, 1.165) is 22.7 Å². The summed E-state index contributed by atoms with van der Waals surface area (Å²) < 4.78 is 10.7. The second-order valence-electron chi connectivity index (χ2n) is 5.57. The van der Waals surface area contributed by atoms with Crippen molar-refractivity contribution in [2.45, 2.75) is 5.37 Å². The van der Waals surface area contributed by atoms with Crippen LogP contribution in [0.3, 0.4) is 0 Å². The Morgan fingerprint density at radius 3 is 3.00 bits per heavy atom. The summed E-state index contributed by atoms with van der Waals surface area (Å²) >= 11 is 1.51. The minimum atomic E-state index is -0.0901. The fourth-order valence-electron chi connectivity index (χ4n) is 2.98. The zero-order valence-corrected chi connectivity index (χ0v) is 13.3. The van der Waals surface area contributed by atoms with Crippen LogP contribution in [0.15, 0.2) is 52.4 Å². The molecule has 1 fully saturated rings. The lowest BCUT2D eigenvalue weighted by Gasteiger charge is -2.25. The SMILES string of the molecule is O=C1C(=Cc2ccc3c(c2)OCO3)SC2C=Nc3ccccc3N12. The number of carbonyl (C=O) groups is 1. The van der Waals surface area contributed by atoms with Gasteiger partial charge in [0.1, 0.15) is 5.37 Å². The Bertz CT molecular complexity index is 922. The van der Waals surface area contributed by atoms with E-state index in [1.54, 1.807) is 4.90 Å². The normalized spacial score (nSPS) is 22.0. The summed E-state index contributed by atoms with van der Waals surface area (Å²) in [7, 11) is 0. The quantitative estimate of drug-likeness (QED) is 0.747. The number of aliphatic imine (C=N–C) groups is 1. The topological polar surface area (TPSA) is 51.1 Å². The molecule has 3 aliphatic rings. The first-order valence-electron chi connectivity index (χ1n) is 7.54. The van der Waals surface area contributed by atoms with Crippen molar-refractivity contribution in [3.63, 3.8) is 0 Å². The molecule has 118 valence electrons. The number of rotatable bonds is 1. The summed E-state index contributed by atoms with van der Waals surface area (Å²) in [5.74, 6) is 1.45. The average Bonchev–Trinajstić information content (AvgIpc) is 3.19. The van der Waals surface area contributed by atoms with Crippen LogP contribution in [0.25, 0.3) is 6.08 Å². The molecule has 2 aromatic rings. The fraction of sp³-hybridized carbons (Fsp3) is 0.111. The Morgan fingerprint density at radius 1 is 1.17 bits per heavy atom. The third kappa shape index (κ3) is 2.03. The van der Waals surface area contributed by atoms with Crippen LogP contribution in [0.2, 0.25) is 0 Å². The van der Waals surface area contributed by atoms with E-state index in [1.165, 1.54) is 11.8 Å². The number of anilines is 1. The number of hydrogen-bond donors (Lipinski definition) is 0. The number of hydrogen-bond acceptors (Lipinski definition) is 5. The number of fused-ring (bicyclic) bond motifs is 4. The van der Waals surface area contributed by atoms with Crippen LogP contribution < -0.4 is 14.4 Å². The standard InChI is InChI=1S/C18H12N2O3S/c21-18-16(8-11-5-6-14-15(7-11)23-10-22-14)24-17-9-19-12-3-1-2-4-13(12)20(17)18/h1-9,17H,10H2. The van der Waals surface area contributed by atoms with E-state index < -0.39 is 0 Å². The van der Waals surface area contributed by atoms with E-state index in [4.69, 9.17) is 9.47 Å². The van der Waals surface area contributed by atoms with Crippen molar-refractivity contribution in [1.82, 2.24) is 0 Å². The van der Waals surface area contributed by atoms with Crippen LogP contribution >= 0.6 is 11.8 Å². The molecule has 1 atom stereocenters. The Labute approximate surface area is 142 Å². The monoisotopic (exact) mass is 336 g/mol. The van der Waals surface area contributed by atoms with E-state index >= 15 is 0 Å². The first-order chi connectivity index (χ1) is 11.8. The third-order valence-corrected chi connectivity index (χ3v) is 5.23. The molecule has 1 unspecified atom stereocenters. The molecule has 0 N–H and O–H groups in total.